The Balaban J connectivity index is 0.000000701. The lowest BCUT2D eigenvalue weighted by atomic mass is 10.0. The van der Waals surface area contributed by atoms with E-state index in [0.29, 0.717) is 19.0 Å². The summed E-state index contributed by atoms with van der Waals surface area (Å²) in [7, 11) is 0. The van der Waals surface area contributed by atoms with Crippen LogP contribution in [0.25, 0.3) is 11.1 Å². The van der Waals surface area contributed by atoms with Crippen LogP contribution in [0.15, 0.2) is 66.4 Å². The minimum Gasteiger partial charge on any atom is -0.426 e. The molecule has 0 spiro atoms. The van der Waals surface area contributed by atoms with Crippen molar-refractivity contribution in [3.05, 3.63) is 72.0 Å². The third kappa shape index (κ3) is 6.43. The number of benzene rings is 2. The quantitative estimate of drug-likeness (QED) is 0.544. The van der Waals surface area contributed by atoms with Crippen LogP contribution in [0.1, 0.15) is 25.8 Å². The summed E-state index contributed by atoms with van der Waals surface area (Å²) in [5.74, 6) is 0.504. The minimum atomic E-state index is -0.650. The monoisotopic (exact) mass is 340 g/mol. The van der Waals surface area contributed by atoms with Crippen molar-refractivity contribution < 1.29 is 19.0 Å². The fourth-order valence-corrected chi connectivity index (χ4v) is 2.15. The van der Waals surface area contributed by atoms with E-state index in [0.717, 1.165) is 5.56 Å². The van der Waals surface area contributed by atoms with Crippen LogP contribution >= 0.6 is 0 Å². The van der Waals surface area contributed by atoms with Gasteiger partial charge in [0.25, 0.3) is 0 Å². The van der Waals surface area contributed by atoms with E-state index in [9.17, 15) is 4.79 Å². The number of carbonyl (C=O) groups excluding carboxylic acids is 1. The van der Waals surface area contributed by atoms with Gasteiger partial charge in [0.2, 0.25) is 0 Å². The Bertz CT molecular complexity index is 675. The molecule has 0 bridgehead atoms. The standard InChI is InChI=1S/C18H16O4.C3H8/c19-18-21-13-17(22-18)10-11-20-12-14-6-8-16(9-7-14)15-4-2-1-3-5-15;1-3-2/h1-10H,11-13H2;3H2,1-2H3/b17-10+;. The highest BCUT2D eigenvalue weighted by Gasteiger charge is 2.17. The average Bonchev–Trinajstić information content (AvgIpc) is 3.06. The van der Waals surface area contributed by atoms with Crippen LogP contribution in [0.2, 0.25) is 0 Å². The maximum absolute atomic E-state index is 10.7. The van der Waals surface area contributed by atoms with Crippen molar-refractivity contribution >= 4 is 6.16 Å². The fraction of sp³-hybridized carbons (Fsp3) is 0.286. The Hall–Kier alpha value is -2.59. The summed E-state index contributed by atoms with van der Waals surface area (Å²) in [6.45, 7) is 5.33. The van der Waals surface area contributed by atoms with E-state index >= 15 is 0 Å². The maximum Gasteiger partial charge on any atom is 0.514 e. The zero-order valence-corrected chi connectivity index (χ0v) is 14.7. The molecule has 0 radical (unpaired) electrons. The predicted octanol–water partition coefficient (Wildman–Crippen LogP) is 5.34. The van der Waals surface area contributed by atoms with Gasteiger partial charge in [-0.15, -0.1) is 0 Å². The zero-order valence-electron chi connectivity index (χ0n) is 14.7. The minimum absolute atomic E-state index is 0.188. The molecule has 0 N–H and O–H groups in total. The highest BCUT2D eigenvalue weighted by molar-refractivity contribution is 5.64. The second kappa shape index (κ2) is 10.3. The molecule has 1 aliphatic rings. The zero-order chi connectivity index (χ0) is 17.9. The van der Waals surface area contributed by atoms with Gasteiger partial charge >= 0.3 is 6.16 Å². The van der Waals surface area contributed by atoms with Crippen molar-refractivity contribution in [1.29, 1.82) is 0 Å². The molecule has 0 amide bonds. The Labute approximate surface area is 149 Å². The molecule has 0 saturated carbocycles. The van der Waals surface area contributed by atoms with Crippen LogP contribution < -0.4 is 0 Å². The lowest BCUT2D eigenvalue weighted by molar-refractivity contribution is 0.134. The molecule has 1 fully saturated rings. The highest BCUT2D eigenvalue weighted by Crippen LogP contribution is 2.19. The van der Waals surface area contributed by atoms with Crippen molar-refractivity contribution in [2.24, 2.45) is 0 Å². The average molecular weight is 340 g/mol. The lowest BCUT2D eigenvalue weighted by Gasteiger charge is -2.05. The van der Waals surface area contributed by atoms with E-state index in [4.69, 9.17) is 9.47 Å². The number of carbonyl (C=O) groups is 1. The second-order valence-electron chi connectivity index (χ2n) is 5.60. The molecule has 1 heterocycles. The Morgan fingerprint density at radius 3 is 2.24 bits per heavy atom. The number of cyclic esters (lactones) is 2. The van der Waals surface area contributed by atoms with Crippen molar-refractivity contribution in [2.45, 2.75) is 26.9 Å². The molecule has 4 nitrogen and oxygen atoms in total. The normalized spacial score (nSPS) is 14.5. The number of rotatable bonds is 5. The van der Waals surface area contributed by atoms with Crippen LogP contribution in [0.5, 0.6) is 0 Å². The highest BCUT2D eigenvalue weighted by atomic mass is 16.8. The van der Waals surface area contributed by atoms with Crippen LogP contribution in [-0.2, 0) is 20.8 Å². The van der Waals surface area contributed by atoms with Crippen molar-refractivity contribution in [3.63, 3.8) is 0 Å². The molecular weight excluding hydrogens is 316 g/mol. The summed E-state index contributed by atoms with van der Waals surface area (Å²) in [5, 5.41) is 0. The molecule has 3 rings (SSSR count). The van der Waals surface area contributed by atoms with E-state index < -0.39 is 6.16 Å². The Morgan fingerprint density at radius 1 is 1.00 bits per heavy atom. The summed E-state index contributed by atoms with van der Waals surface area (Å²) >= 11 is 0. The molecule has 0 aliphatic carbocycles. The van der Waals surface area contributed by atoms with Crippen LogP contribution in [0, 0.1) is 0 Å². The molecule has 1 saturated heterocycles. The molecule has 4 heteroatoms. The number of hydrogen-bond donors (Lipinski definition) is 0. The van der Waals surface area contributed by atoms with Crippen molar-refractivity contribution in [3.8, 4) is 11.1 Å². The topological polar surface area (TPSA) is 44.8 Å². The third-order valence-corrected chi connectivity index (χ3v) is 3.31. The first-order chi connectivity index (χ1) is 12.2. The van der Waals surface area contributed by atoms with E-state index in [-0.39, 0.29) is 6.61 Å². The summed E-state index contributed by atoms with van der Waals surface area (Å²) < 4.78 is 15.0. The smallest absolute Gasteiger partial charge is 0.426 e. The Morgan fingerprint density at radius 2 is 1.64 bits per heavy atom. The molecule has 132 valence electrons. The molecule has 0 atom stereocenters. The molecular formula is C21H24O4. The largest absolute Gasteiger partial charge is 0.514 e. The van der Waals surface area contributed by atoms with Gasteiger partial charge in [-0.3, -0.25) is 0 Å². The van der Waals surface area contributed by atoms with Crippen molar-refractivity contribution in [1.82, 2.24) is 0 Å². The summed E-state index contributed by atoms with van der Waals surface area (Å²) in [6, 6.07) is 18.5. The van der Waals surface area contributed by atoms with Crippen molar-refractivity contribution in [2.75, 3.05) is 13.2 Å². The summed E-state index contributed by atoms with van der Waals surface area (Å²) in [6.07, 6.45) is 2.31. The van der Waals surface area contributed by atoms with Gasteiger partial charge in [-0.1, -0.05) is 74.9 Å². The predicted molar refractivity (Wildman–Crippen MR) is 98.0 cm³/mol. The first-order valence-electron chi connectivity index (χ1n) is 8.48. The molecule has 25 heavy (non-hydrogen) atoms. The van der Waals surface area contributed by atoms with E-state index in [2.05, 4.69) is 42.8 Å². The molecule has 0 aromatic heterocycles. The molecule has 0 unspecified atom stereocenters. The number of hydrogen-bond acceptors (Lipinski definition) is 4. The van der Waals surface area contributed by atoms with Crippen LogP contribution in [-0.4, -0.2) is 19.4 Å². The van der Waals surface area contributed by atoms with Gasteiger partial charge < -0.3 is 14.2 Å². The molecule has 1 aliphatic heterocycles. The van der Waals surface area contributed by atoms with Gasteiger partial charge in [0.15, 0.2) is 6.61 Å². The van der Waals surface area contributed by atoms with Crippen LogP contribution in [0.4, 0.5) is 4.79 Å². The van der Waals surface area contributed by atoms with Gasteiger partial charge in [0.05, 0.1) is 13.2 Å². The Kier molecular flexibility index (Phi) is 7.73. The number of ether oxygens (including phenoxy) is 3. The van der Waals surface area contributed by atoms with Gasteiger partial charge in [0, 0.05) is 0 Å². The van der Waals surface area contributed by atoms with E-state index in [1.165, 1.54) is 17.5 Å². The SMILES string of the molecule is CCC.O=C1OC/C(=C\COCc2ccc(-c3ccccc3)cc2)O1. The second-order valence-corrected chi connectivity index (χ2v) is 5.60. The van der Waals surface area contributed by atoms with E-state index in [1.807, 2.05) is 30.3 Å². The lowest BCUT2D eigenvalue weighted by Crippen LogP contribution is -1.95. The fourth-order valence-electron chi connectivity index (χ4n) is 2.15. The first kappa shape index (κ1) is 18.7. The van der Waals surface area contributed by atoms with Gasteiger partial charge in [-0.05, 0) is 22.8 Å². The van der Waals surface area contributed by atoms with Gasteiger partial charge in [-0.25, -0.2) is 4.79 Å². The summed E-state index contributed by atoms with van der Waals surface area (Å²) in [4.78, 5) is 10.7. The first-order valence-corrected chi connectivity index (χ1v) is 8.48. The van der Waals surface area contributed by atoms with Gasteiger partial charge in [0.1, 0.15) is 5.76 Å². The van der Waals surface area contributed by atoms with E-state index in [1.54, 1.807) is 6.08 Å². The third-order valence-electron chi connectivity index (χ3n) is 3.31. The maximum atomic E-state index is 10.7. The molecule has 2 aromatic rings. The van der Waals surface area contributed by atoms with Gasteiger partial charge in [-0.2, -0.15) is 0 Å². The summed E-state index contributed by atoms with van der Waals surface area (Å²) in [5.41, 5.74) is 3.47. The molecule has 2 aromatic carbocycles. The van der Waals surface area contributed by atoms with Crippen LogP contribution in [0.3, 0.4) is 0 Å².